The summed E-state index contributed by atoms with van der Waals surface area (Å²) in [6.45, 7) is 15.1. The zero-order chi connectivity index (χ0) is 11.8. The first-order valence-corrected chi connectivity index (χ1v) is 5.08. The third kappa shape index (κ3) is 3.98. The summed E-state index contributed by atoms with van der Waals surface area (Å²) in [4.78, 5) is 4.21. The molecule has 15 heavy (non-hydrogen) atoms. The van der Waals surface area contributed by atoms with Crippen LogP contribution in [-0.2, 0) is 0 Å². The van der Waals surface area contributed by atoms with Gasteiger partial charge >= 0.3 is 0 Å². The SMILES string of the molecule is C=C/C(C)=C\c1nc(C)oc1C=C.CC. The zero-order valence-corrected chi connectivity index (χ0v) is 10.0. The number of aromatic nitrogens is 1. The number of aryl methyl sites for hydroxylation is 1. The molecule has 0 saturated carbocycles. The van der Waals surface area contributed by atoms with Gasteiger partial charge in [0.2, 0.25) is 0 Å². The van der Waals surface area contributed by atoms with Crippen molar-refractivity contribution in [3.05, 3.63) is 42.2 Å². The lowest BCUT2D eigenvalue weighted by Gasteiger charge is -1.89. The van der Waals surface area contributed by atoms with Gasteiger partial charge in [-0.3, -0.25) is 0 Å². The van der Waals surface area contributed by atoms with E-state index in [9.17, 15) is 0 Å². The van der Waals surface area contributed by atoms with Crippen LogP contribution in [0.25, 0.3) is 12.2 Å². The molecule has 1 aromatic heterocycles. The Balaban J connectivity index is 0.000000921. The summed E-state index contributed by atoms with van der Waals surface area (Å²) >= 11 is 0. The van der Waals surface area contributed by atoms with Gasteiger partial charge in [0.1, 0.15) is 5.69 Å². The smallest absolute Gasteiger partial charge is 0.192 e. The van der Waals surface area contributed by atoms with Crippen LogP contribution in [0.3, 0.4) is 0 Å². The second-order valence-electron chi connectivity index (χ2n) is 2.78. The molecule has 1 rings (SSSR count). The van der Waals surface area contributed by atoms with Crippen LogP contribution in [0.15, 0.2) is 29.2 Å². The molecule has 0 unspecified atom stereocenters. The minimum absolute atomic E-state index is 0.651. The van der Waals surface area contributed by atoms with Crippen LogP contribution in [0.1, 0.15) is 38.1 Å². The lowest BCUT2D eigenvalue weighted by atomic mass is 10.2. The second kappa shape index (κ2) is 6.82. The number of hydrogen-bond donors (Lipinski definition) is 0. The minimum Gasteiger partial charge on any atom is -0.441 e. The monoisotopic (exact) mass is 205 g/mol. The Hall–Kier alpha value is -1.57. The summed E-state index contributed by atoms with van der Waals surface area (Å²) in [6, 6.07) is 0. The van der Waals surface area contributed by atoms with Crippen LogP contribution in [0.4, 0.5) is 0 Å². The highest BCUT2D eigenvalue weighted by atomic mass is 16.4. The fraction of sp³-hybridized carbons (Fsp3) is 0.308. The molecule has 1 aromatic rings. The maximum absolute atomic E-state index is 5.30. The molecule has 0 saturated heterocycles. The van der Waals surface area contributed by atoms with Crippen molar-refractivity contribution in [1.82, 2.24) is 4.98 Å². The van der Waals surface area contributed by atoms with E-state index in [1.807, 2.05) is 33.8 Å². The first kappa shape index (κ1) is 13.4. The number of nitrogens with zero attached hydrogens (tertiary/aromatic N) is 1. The van der Waals surface area contributed by atoms with Crippen molar-refractivity contribution in [2.24, 2.45) is 0 Å². The molecule has 0 aliphatic carbocycles. The quantitative estimate of drug-likeness (QED) is 0.690. The summed E-state index contributed by atoms with van der Waals surface area (Å²) in [5.74, 6) is 1.36. The molecule has 0 aromatic carbocycles. The average molecular weight is 205 g/mol. The fourth-order valence-electron chi connectivity index (χ4n) is 0.983. The van der Waals surface area contributed by atoms with E-state index in [0.29, 0.717) is 11.7 Å². The van der Waals surface area contributed by atoms with Crippen LogP contribution in [0.2, 0.25) is 0 Å². The van der Waals surface area contributed by atoms with Crippen molar-refractivity contribution in [2.45, 2.75) is 27.7 Å². The molecular formula is C13H19NO. The van der Waals surface area contributed by atoms with E-state index in [1.54, 1.807) is 12.2 Å². The fourth-order valence-corrected chi connectivity index (χ4v) is 0.983. The van der Waals surface area contributed by atoms with Crippen molar-refractivity contribution in [3.63, 3.8) is 0 Å². The van der Waals surface area contributed by atoms with Gasteiger partial charge in [-0.2, -0.15) is 0 Å². The molecule has 0 atom stereocenters. The molecule has 0 radical (unpaired) electrons. The zero-order valence-electron chi connectivity index (χ0n) is 10.0. The van der Waals surface area contributed by atoms with Crippen molar-refractivity contribution in [2.75, 3.05) is 0 Å². The number of oxazole rings is 1. The van der Waals surface area contributed by atoms with Crippen LogP contribution in [0.5, 0.6) is 0 Å². The summed E-state index contributed by atoms with van der Waals surface area (Å²) in [5, 5.41) is 0. The Morgan fingerprint density at radius 1 is 1.33 bits per heavy atom. The number of hydrogen-bond acceptors (Lipinski definition) is 2. The van der Waals surface area contributed by atoms with Gasteiger partial charge in [-0.15, -0.1) is 0 Å². The van der Waals surface area contributed by atoms with Crippen molar-refractivity contribution < 1.29 is 4.42 Å². The molecule has 1 heterocycles. The van der Waals surface area contributed by atoms with Gasteiger partial charge in [-0.05, 0) is 24.6 Å². The highest BCUT2D eigenvalue weighted by Crippen LogP contribution is 2.15. The molecule has 0 bridgehead atoms. The van der Waals surface area contributed by atoms with Crippen LogP contribution < -0.4 is 0 Å². The predicted molar refractivity (Wildman–Crippen MR) is 66.5 cm³/mol. The molecule has 0 amide bonds. The molecule has 0 fully saturated rings. The summed E-state index contributed by atoms with van der Waals surface area (Å²) in [7, 11) is 0. The Morgan fingerprint density at radius 2 is 1.93 bits per heavy atom. The molecule has 0 N–H and O–H groups in total. The minimum atomic E-state index is 0.651. The van der Waals surface area contributed by atoms with E-state index in [0.717, 1.165) is 11.3 Å². The molecule has 0 aliphatic heterocycles. The van der Waals surface area contributed by atoms with Gasteiger partial charge in [0.25, 0.3) is 0 Å². The van der Waals surface area contributed by atoms with Crippen LogP contribution in [0, 0.1) is 6.92 Å². The van der Waals surface area contributed by atoms with Gasteiger partial charge in [0.05, 0.1) is 0 Å². The second-order valence-corrected chi connectivity index (χ2v) is 2.78. The summed E-state index contributed by atoms with van der Waals surface area (Å²) in [5.41, 5.74) is 1.86. The standard InChI is InChI=1S/C11H13NO.C2H6/c1-5-8(3)7-10-11(6-2)13-9(4)12-10;1-2/h5-7H,1-2H2,3-4H3;1-2H3/b8-7-;. The highest BCUT2D eigenvalue weighted by molar-refractivity contribution is 5.60. The van der Waals surface area contributed by atoms with Crippen molar-refractivity contribution in [1.29, 1.82) is 0 Å². The van der Waals surface area contributed by atoms with Crippen molar-refractivity contribution >= 4 is 12.2 Å². The number of rotatable bonds is 3. The average Bonchev–Trinajstić information content (AvgIpc) is 2.61. The molecule has 0 aliphatic rings. The van der Waals surface area contributed by atoms with Gasteiger partial charge < -0.3 is 4.42 Å². The Morgan fingerprint density at radius 3 is 2.40 bits per heavy atom. The maximum Gasteiger partial charge on any atom is 0.192 e. The molecule has 0 spiro atoms. The molecule has 82 valence electrons. The van der Waals surface area contributed by atoms with Crippen LogP contribution in [-0.4, -0.2) is 4.98 Å². The third-order valence-corrected chi connectivity index (χ3v) is 1.66. The predicted octanol–water partition coefficient (Wildman–Crippen LogP) is 4.24. The van der Waals surface area contributed by atoms with Gasteiger partial charge in [0.15, 0.2) is 11.7 Å². The lowest BCUT2D eigenvalue weighted by Crippen LogP contribution is -1.77. The largest absolute Gasteiger partial charge is 0.441 e. The Kier molecular flexibility index (Phi) is 6.11. The first-order valence-electron chi connectivity index (χ1n) is 5.08. The highest BCUT2D eigenvalue weighted by Gasteiger charge is 2.04. The Labute approximate surface area is 92.0 Å². The van der Waals surface area contributed by atoms with E-state index in [-0.39, 0.29) is 0 Å². The number of allylic oxidation sites excluding steroid dienone is 2. The normalized spacial score (nSPS) is 10.3. The molecular weight excluding hydrogens is 186 g/mol. The van der Waals surface area contributed by atoms with E-state index < -0.39 is 0 Å². The summed E-state index contributed by atoms with van der Waals surface area (Å²) < 4.78 is 5.30. The molecule has 2 heteroatoms. The third-order valence-electron chi connectivity index (χ3n) is 1.66. The summed E-state index contributed by atoms with van der Waals surface area (Å²) in [6.07, 6.45) is 5.35. The molecule has 2 nitrogen and oxygen atoms in total. The topological polar surface area (TPSA) is 26.0 Å². The van der Waals surface area contributed by atoms with E-state index in [2.05, 4.69) is 18.1 Å². The van der Waals surface area contributed by atoms with Gasteiger partial charge in [-0.25, -0.2) is 4.98 Å². The lowest BCUT2D eigenvalue weighted by molar-refractivity contribution is 0.513. The van der Waals surface area contributed by atoms with Gasteiger partial charge in [0, 0.05) is 6.92 Å². The van der Waals surface area contributed by atoms with E-state index in [4.69, 9.17) is 4.42 Å². The van der Waals surface area contributed by atoms with E-state index in [1.165, 1.54) is 0 Å². The Bertz CT molecular complexity index is 359. The van der Waals surface area contributed by atoms with Crippen molar-refractivity contribution in [3.8, 4) is 0 Å². The van der Waals surface area contributed by atoms with Gasteiger partial charge in [-0.1, -0.05) is 33.1 Å². The van der Waals surface area contributed by atoms with Crippen LogP contribution >= 0.6 is 0 Å². The first-order chi connectivity index (χ1) is 7.17. The maximum atomic E-state index is 5.30. The van der Waals surface area contributed by atoms with E-state index >= 15 is 0 Å².